The van der Waals surface area contributed by atoms with Crippen molar-refractivity contribution >= 4 is 17.5 Å². The van der Waals surface area contributed by atoms with Crippen LogP contribution in [0.2, 0.25) is 5.02 Å². The topological polar surface area (TPSA) is 32.3 Å². The van der Waals surface area contributed by atoms with Gasteiger partial charge >= 0.3 is 0 Å². The molecule has 1 amide bonds. The number of rotatable bonds is 6. The highest BCUT2D eigenvalue weighted by molar-refractivity contribution is 6.31. The number of halogens is 1. The minimum Gasteiger partial charge on any atom is -0.354 e. The molecule has 0 spiro atoms. The first kappa shape index (κ1) is 18.3. The van der Waals surface area contributed by atoms with Crippen molar-refractivity contribution < 1.29 is 4.79 Å². The highest BCUT2D eigenvalue weighted by Gasteiger charge is 2.23. The zero-order valence-corrected chi connectivity index (χ0v) is 15.1. The summed E-state index contributed by atoms with van der Waals surface area (Å²) in [6, 6.07) is 8.19. The van der Waals surface area contributed by atoms with Crippen LogP contribution < -0.4 is 5.32 Å². The lowest BCUT2D eigenvalue weighted by Gasteiger charge is -2.32. The van der Waals surface area contributed by atoms with Crippen LogP contribution in [-0.4, -0.2) is 30.4 Å². The lowest BCUT2D eigenvalue weighted by atomic mass is 10.0. The van der Waals surface area contributed by atoms with Crippen LogP contribution in [0.25, 0.3) is 0 Å². The van der Waals surface area contributed by atoms with Gasteiger partial charge < -0.3 is 5.32 Å². The molecule has 128 valence electrons. The number of nitrogens with zero attached hydrogens (tertiary/aromatic N) is 1. The minimum absolute atomic E-state index is 0.131. The fourth-order valence-corrected chi connectivity index (χ4v) is 3.50. The Morgan fingerprint density at radius 1 is 1.17 bits per heavy atom. The van der Waals surface area contributed by atoms with E-state index in [-0.39, 0.29) is 11.9 Å². The van der Waals surface area contributed by atoms with E-state index in [0.717, 1.165) is 23.7 Å². The third-order valence-corrected chi connectivity index (χ3v) is 4.78. The monoisotopic (exact) mass is 336 g/mol. The Labute approximate surface area is 145 Å². The molecule has 1 saturated heterocycles. The number of benzene rings is 1. The molecule has 4 heteroatoms. The molecule has 3 nitrogen and oxygen atoms in total. The van der Waals surface area contributed by atoms with E-state index in [2.05, 4.69) is 30.1 Å². The summed E-state index contributed by atoms with van der Waals surface area (Å²) in [5.41, 5.74) is 1.13. The van der Waals surface area contributed by atoms with Crippen LogP contribution in [0.1, 0.15) is 57.6 Å². The van der Waals surface area contributed by atoms with Crippen LogP contribution in [-0.2, 0) is 4.79 Å². The second kappa shape index (κ2) is 9.29. The predicted molar refractivity (Wildman–Crippen MR) is 96.7 cm³/mol. The maximum atomic E-state index is 12.1. The van der Waals surface area contributed by atoms with Gasteiger partial charge in [-0.3, -0.25) is 9.69 Å². The summed E-state index contributed by atoms with van der Waals surface area (Å²) in [5, 5.41) is 3.91. The summed E-state index contributed by atoms with van der Waals surface area (Å²) < 4.78 is 0. The largest absolute Gasteiger partial charge is 0.354 e. The first-order valence-electron chi connectivity index (χ1n) is 8.83. The van der Waals surface area contributed by atoms with E-state index >= 15 is 0 Å². The van der Waals surface area contributed by atoms with Gasteiger partial charge in [-0.25, -0.2) is 0 Å². The van der Waals surface area contributed by atoms with Gasteiger partial charge in [0.15, 0.2) is 0 Å². The average molecular weight is 337 g/mol. The maximum absolute atomic E-state index is 12.1. The van der Waals surface area contributed by atoms with E-state index in [0.29, 0.717) is 18.9 Å². The van der Waals surface area contributed by atoms with Gasteiger partial charge in [-0.05, 0) is 43.5 Å². The Morgan fingerprint density at radius 2 is 1.83 bits per heavy atom. The molecule has 0 radical (unpaired) electrons. The van der Waals surface area contributed by atoms with Crippen LogP contribution >= 0.6 is 11.6 Å². The number of nitrogens with one attached hydrogen (secondary N) is 1. The van der Waals surface area contributed by atoms with Gasteiger partial charge in [-0.1, -0.05) is 56.5 Å². The highest BCUT2D eigenvalue weighted by atomic mass is 35.5. The highest BCUT2D eigenvalue weighted by Crippen LogP contribution is 2.29. The lowest BCUT2D eigenvalue weighted by molar-refractivity contribution is -0.122. The molecule has 1 aliphatic heterocycles. The number of amides is 1. The van der Waals surface area contributed by atoms with Gasteiger partial charge in [0.2, 0.25) is 5.91 Å². The molecule has 1 heterocycles. The van der Waals surface area contributed by atoms with Crippen molar-refractivity contribution in [1.29, 1.82) is 0 Å². The third-order valence-electron chi connectivity index (χ3n) is 4.43. The van der Waals surface area contributed by atoms with Crippen molar-refractivity contribution in [2.24, 2.45) is 5.92 Å². The minimum atomic E-state index is 0.131. The molecule has 1 aromatic carbocycles. The molecule has 0 unspecified atom stereocenters. The fraction of sp³-hybridized carbons (Fsp3) is 0.632. The molecular weight excluding hydrogens is 308 g/mol. The molecule has 1 aliphatic rings. The maximum Gasteiger partial charge on any atom is 0.220 e. The van der Waals surface area contributed by atoms with E-state index < -0.39 is 0 Å². The van der Waals surface area contributed by atoms with Crippen LogP contribution in [0.5, 0.6) is 0 Å². The molecule has 1 fully saturated rings. The number of carbonyl (C=O) groups is 1. The van der Waals surface area contributed by atoms with Crippen molar-refractivity contribution in [2.75, 3.05) is 19.6 Å². The molecule has 1 atom stereocenters. The standard InChI is InChI=1S/C19H29ClN2O/c1-15(2)13-19(23)21-14-18(16-9-5-6-10-17(16)20)22-11-7-3-4-8-12-22/h5-6,9-10,15,18H,3-4,7-8,11-14H2,1-2H3,(H,21,23)/t18-/m0/s1. The van der Waals surface area contributed by atoms with Gasteiger partial charge in [0, 0.05) is 18.0 Å². The van der Waals surface area contributed by atoms with E-state index in [9.17, 15) is 4.79 Å². The number of hydrogen-bond donors (Lipinski definition) is 1. The smallest absolute Gasteiger partial charge is 0.220 e. The second-order valence-electron chi connectivity index (χ2n) is 6.89. The number of hydrogen-bond acceptors (Lipinski definition) is 2. The molecule has 0 aromatic heterocycles. The average Bonchev–Trinajstić information content (AvgIpc) is 2.78. The van der Waals surface area contributed by atoms with Gasteiger partial charge in [0.05, 0.1) is 6.04 Å². The van der Waals surface area contributed by atoms with E-state index in [4.69, 9.17) is 11.6 Å². The van der Waals surface area contributed by atoms with Crippen molar-refractivity contribution in [3.8, 4) is 0 Å². The van der Waals surface area contributed by atoms with E-state index in [1.807, 2.05) is 18.2 Å². The number of likely N-dealkylation sites (tertiary alicyclic amines) is 1. The zero-order chi connectivity index (χ0) is 16.7. The summed E-state index contributed by atoms with van der Waals surface area (Å²) in [4.78, 5) is 14.6. The quantitative estimate of drug-likeness (QED) is 0.834. The Balaban J connectivity index is 2.11. The molecule has 2 rings (SSSR count). The summed E-state index contributed by atoms with van der Waals surface area (Å²) >= 11 is 6.44. The van der Waals surface area contributed by atoms with Crippen LogP contribution in [0.15, 0.2) is 24.3 Å². The summed E-state index contributed by atoms with van der Waals surface area (Å²) in [6.45, 7) is 6.93. The summed E-state index contributed by atoms with van der Waals surface area (Å²) in [7, 11) is 0. The zero-order valence-electron chi connectivity index (χ0n) is 14.4. The first-order valence-corrected chi connectivity index (χ1v) is 9.21. The van der Waals surface area contributed by atoms with Crippen LogP contribution in [0.4, 0.5) is 0 Å². The second-order valence-corrected chi connectivity index (χ2v) is 7.30. The molecule has 0 aliphatic carbocycles. The number of carbonyl (C=O) groups excluding carboxylic acids is 1. The summed E-state index contributed by atoms with van der Waals surface area (Å²) in [6.07, 6.45) is 5.62. The molecule has 0 bridgehead atoms. The fourth-order valence-electron chi connectivity index (χ4n) is 3.24. The Kier molecular flexibility index (Phi) is 7.38. The van der Waals surface area contributed by atoms with Gasteiger partial charge in [0.25, 0.3) is 0 Å². The molecule has 1 aromatic rings. The lowest BCUT2D eigenvalue weighted by Crippen LogP contribution is -2.39. The van der Waals surface area contributed by atoms with Crippen molar-refractivity contribution in [3.05, 3.63) is 34.9 Å². The molecular formula is C19H29ClN2O. The SMILES string of the molecule is CC(C)CC(=O)NC[C@@H](c1ccccc1Cl)N1CCCCCC1. The Hall–Kier alpha value is -1.06. The van der Waals surface area contributed by atoms with E-state index in [1.54, 1.807) is 0 Å². The van der Waals surface area contributed by atoms with Gasteiger partial charge in [-0.15, -0.1) is 0 Å². The Morgan fingerprint density at radius 3 is 2.43 bits per heavy atom. The van der Waals surface area contributed by atoms with Crippen molar-refractivity contribution in [3.63, 3.8) is 0 Å². The van der Waals surface area contributed by atoms with Gasteiger partial charge in [0.1, 0.15) is 0 Å². The third kappa shape index (κ3) is 5.82. The molecule has 1 N–H and O–H groups in total. The molecule has 0 saturated carbocycles. The van der Waals surface area contributed by atoms with Gasteiger partial charge in [-0.2, -0.15) is 0 Å². The molecule has 23 heavy (non-hydrogen) atoms. The normalized spacial score (nSPS) is 17.7. The van der Waals surface area contributed by atoms with Crippen LogP contribution in [0.3, 0.4) is 0 Å². The van der Waals surface area contributed by atoms with E-state index in [1.165, 1.54) is 25.7 Å². The Bertz CT molecular complexity index is 496. The van der Waals surface area contributed by atoms with Crippen molar-refractivity contribution in [2.45, 2.75) is 52.0 Å². The van der Waals surface area contributed by atoms with Crippen LogP contribution in [0, 0.1) is 5.92 Å². The van der Waals surface area contributed by atoms with Crippen molar-refractivity contribution in [1.82, 2.24) is 10.2 Å². The first-order chi connectivity index (χ1) is 11.1. The predicted octanol–water partition coefficient (Wildman–Crippen LogP) is 4.42. The summed E-state index contributed by atoms with van der Waals surface area (Å²) in [5.74, 6) is 0.513.